The lowest BCUT2D eigenvalue weighted by Crippen LogP contribution is -2.15. The summed E-state index contributed by atoms with van der Waals surface area (Å²) in [6.45, 7) is 5.94. The van der Waals surface area contributed by atoms with Crippen molar-refractivity contribution in [1.29, 1.82) is 0 Å². The second-order valence-electron chi connectivity index (χ2n) is 4.40. The summed E-state index contributed by atoms with van der Waals surface area (Å²) in [5.74, 6) is -0.0194. The van der Waals surface area contributed by atoms with Gasteiger partial charge in [0.1, 0.15) is 0 Å². The number of carbonyl (C=O) groups excluding carboxylic acids is 1. The van der Waals surface area contributed by atoms with Gasteiger partial charge in [-0.2, -0.15) is 0 Å². The molecule has 3 nitrogen and oxygen atoms in total. The van der Waals surface area contributed by atoms with Crippen LogP contribution in [-0.4, -0.2) is 10.9 Å². The molecule has 1 aromatic carbocycles. The molecule has 1 heterocycles. The van der Waals surface area contributed by atoms with E-state index in [1.807, 2.05) is 44.4 Å². The predicted octanol–water partition coefficient (Wildman–Crippen LogP) is 3.25. The summed E-state index contributed by atoms with van der Waals surface area (Å²) in [6, 6.07) is 6.03. The first-order valence-corrected chi connectivity index (χ1v) is 6.70. The summed E-state index contributed by atoms with van der Waals surface area (Å²) < 4.78 is 0. The SMILES string of the molecule is Cc1ccc(C)c(NC(=O)Cc2csc(C)n2)c1. The number of aromatic nitrogens is 1. The van der Waals surface area contributed by atoms with Gasteiger partial charge in [0.05, 0.1) is 17.1 Å². The maximum Gasteiger partial charge on any atom is 0.230 e. The van der Waals surface area contributed by atoms with Gasteiger partial charge in [-0.15, -0.1) is 11.3 Å². The van der Waals surface area contributed by atoms with Crippen molar-refractivity contribution in [2.24, 2.45) is 0 Å². The van der Waals surface area contributed by atoms with Crippen molar-refractivity contribution in [3.8, 4) is 0 Å². The van der Waals surface area contributed by atoms with Gasteiger partial charge >= 0.3 is 0 Å². The van der Waals surface area contributed by atoms with Crippen LogP contribution in [0, 0.1) is 20.8 Å². The molecule has 0 saturated carbocycles. The Morgan fingerprint density at radius 2 is 2.11 bits per heavy atom. The molecule has 94 valence electrons. The van der Waals surface area contributed by atoms with Gasteiger partial charge in [0.2, 0.25) is 5.91 Å². The molecule has 1 amide bonds. The lowest BCUT2D eigenvalue weighted by molar-refractivity contribution is -0.115. The zero-order chi connectivity index (χ0) is 13.1. The Labute approximate surface area is 111 Å². The highest BCUT2D eigenvalue weighted by Crippen LogP contribution is 2.17. The van der Waals surface area contributed by atoms with Crippen LogP contribution >= 0.6 is 11.3 Å². The van der Waals surface area contributed by atoms with Crippen molar-refractivity contribution in [3.05, 3.63) is 45.4 Å². The van der Waals surface area contributed by atoms with E-state index in [0.29, 0.717) is 6.42 Å². The summed E-state index contributed by atoms with van der Waals surface area (Å²) in [5, 5.41) is 5.85. The fourth-order valence-electron chi connectivity index (χ4n) is 1.72. The zero-order valence-corrected chi connectivity index (χ0v) is 11.6. The molecule has 0 aliphatic carbocycles. The van der Waals surface area contributed by atoms with Crippen molar-refractivity contribution in [1.82, 2.24) is 4.98 Å². The largest absolute Gasteiger partial charge is 0.325 e. The zero-order valence-electron chi connectivity index (χ0n) is 10.8. The quantitative estimate of drug-likeness (QED) is 0.920. The van der Waals surface area contributed by atoms with Gasteiger partial charge in [-0.25, -0.2) is 4.98 Å². The summed E-state index contributed by atoms with van der Waals surface area (Å²) in [7, 11) is 0. The van der Waals surface area contributed by atoms with Gasteiger partial charge in [-0.05, 0) is 38.0 Å². The molecular formula is C14H16N2OS. The fraction of sp³-hybridized carbons (Fsp3) is 0.286. The van der Waals surface area contributed by atoms with Crippen molar-refractivity contribution >= 4 is 22.9 Å². The van der Waals surface area contributed by atoms with Gasteiger partial charge in [-0.3, -0.25) is 4.79 Å². The number of nitrogens with zero attached hydrogens (tertiary/aromatic N) is 1. The molecule has 1 aromatic heterocycles. The minimum Gasteiger partial charge on any atom is -0.325 e. The van der Waals surface area contributed by atoms with E-state index >= 15 is 0 Å². The van der Waals surface area contributed by atoms with Crippen LogP contribution in [0.5, 0.6) is 0 Å². The third-order valence-electron chi connectivity index (χ3n) is 2.68. The Balaban J connectivity index is 2.05. The van der Waals surface area contributed by atoms with Crippen molar-refractivity contribution in [2.75, 3.05) is 5.32 Å². The van der Waals surface area contributed by atoms with Gasteiger partial charge in [-0.1, -0.05) is 12.1 Å². The maximum atomic E-state index is 11.9. The number of aryl methyl sites for hydroxylation is 3. The number of rotatable bonds is 3. The van der Waals surface area contributed by atoms with Crippen LogP contribution in [0.3, 0.4) is 0 Å². The first-order chi connectivity index (χ1) is 8.54. The molecule has 18 heavy (non-hydrogen) atoms. The van der Waals surface area contributed by atoms with Crippen molar-refractivity contribution in [2.45, 2.75) is 27.2 Å². The minimum absolute atomic E-state index is 0.0194. The number of carbonyl (C=O) groups is 1. The van der Waals surface area contributed by atoms with Crippen LogP contribution in [0.4, 0.5) is 5.69 Å². The van der Waals surface area contributed by atoms with Crippen molar-refractivity contribution in [3.63, 3.8) is 0 Å². The molecule has 0 atom stereocenters. The smallest absolute Gasteiger partial charge is 0.230 e. The number of amides is 1. The van der Waals surface area contributed by atoms with E-state index in [0.717, 1.165) is 27.5 Å². The van der Waals surface area contributed by atoms with E-state index in [2.05, 4.69) is 10.3 Å². The minimum atomic E-state index is -0.0194. The molecule has 0 radical (unpaired) electrons. The number of hydrogen-bond donors (Lipinski definition) is 1. The van der Waals surface area contributed by atoms with Crippen LogP contribution in [0.1, 0.15) is 21.8 Å². The third-order valence-corrected chi connectivity index (χ3v) is 3.50. The van der Waals surface area contributed by atoms with E-state index in [1.54, 1.807) is 11.3 Å². The van der Waals surface area contributed by atoms with E-state index in [9.17, 15) is 4.79 Å². The molecule has 0 aliphatic heterocycles. The molecule has 0 aliphatic rings. The van der Waals surface area contributed by atoms with Crippen LogP contribution in [-0.2, 0) is 11.2 Å². The lowest BCUT2D eigenvalue weighted by atomic mass is 10.1. The lowest BCUT2D eigenvalue weighted by Gasteiger charge is -2.08. The average molecular weight is 260 g/mol. The molecule has 2 aromatic rings. The monoisotopic (exact) mass is 260 g/mol. The average Bonchev–Trinajstić information content (AvgIpc) is 2.69. The highest BCUT2D eigenvalue weighted by molar-refractivity contribution is 7.09. The molecule has 0 bridgehead atoms. The summed E-state index contributed by atoms with van der Waals surface area (Å²) in [4.78, 5) is 16.2. The highest BCUT2D eigenvalue weighted by Gasteiger charge is 2.08. The molecule has 0 unspecified atom stereocenters. The maximum absolute atomic E-state index is 11.9. The molecule has 0 spiro atoms. The van der Waals surface area contributed by atoms with E-state index in [4.69, 9.17) is 0 Å². The van der Waals surface area contributed by atoms with Gasteiger partial charge in [0, 0.05) is 11.1 Å². The van der Waals surface area contributed by atoms with Crippen LogP contribution in [0.2, 0.25) is 0 Å². The van der Waals surface area contributed by atoms with Crippen LogP contribution in [0.15, 0.2) is 23.6 Å². The molecule has 0 saturated heterocycles. The topological polar surface area (TPSA) is 42.0 Å². The number of nitrogens with one attached hydrogen (secondary N) is 1. The van der Waals surface area contributed by atoms with Crippen molar-refractivity contribution < 1.29 is 4.79 Å². The van der Waals surface area contributed by atoms with Crippen LogP contribution in [0.25, 0.3) is 0 Å². The molecule has 4 heteroatoms. The number of anilines is 1. The Kier molecular flexibility index (Phi) is 3.77. The summed E-state index contributed by atoms with van der Waals surface area (Å²) in [5.41, 5.74) is 3.93. The Hall–Kier alpha value is -1.68. The van der Waals surface area contributed by atoms with Gasteiger partial charge < -0.3 is 5.32 Å². The predicted molar refractivity (Wildman–Crippen MR) is 75.1 cm³/mol. The Bertz CT molecular complexity index is 575. The third kappa shape index (κ3) is 3.17. The molecular weight excluding hydrogens is 244 g/mol. The van der Waals surface area contributed by atoms with E-state index in [1.165, 1.54) is 0 Å². The molecule has 2 rings (SSSR count). The van der Waals surface area contributed by atoms with Gasteiger partial charge in [0.15, 0.2) is 0 Å². The molecule has 0 fully saturated rings. The second-order valence-corrected chi connectivity index (χ2v) is 5.46. The number of benzene rings is 1. The first-order valence-electron chi connectivity index (χ1n) is 5.82. The number of thiazole rings is 1. The van der Waals surface area contributed by atoms with Gasteiger partial charge in [0.25, 0.3) is 0 Å². The Morgan fingerprint density at radius 1 is 1.33 bits per heavy atom. The standard InChI is InChI=1S/C14H16N2OS/c1-9-4-5-10(2)13(6-9)16-14(17)7-12-8-18-11(3)15-12/h4-6,8H,7H2,1-3H3,(H,16,17). The number of hydrogen-bond acceptors (Lipinski definition) is 3. The van der Waals surface area contributed by atoms with Crippen LogP contribution < -0.4 is 5.32 Å². The summed E-state index contributed by atoms with van der Waals surface area (Å²) >= 11 is 1.57. The van der Waals surface area contributed by atoms with E-state index < -0.39 is 0 Å². The highest BCUT2D eigenvalue weighted by atomic mass is 32.1. The Morgan fingerprint density at radius 3 is 2.78 bits per heavy atom. The van der Waals surface area contributed by atoms with E-state index in [-0.39, 0.29) is 5.91 Å². The fourth-order valence-corrected chi connectivity index (χ4v) is 2.33. The second kappa shape index (κ2) is 5.31. The molecule has 1 N–H and O–H groups in total. The first kappa shape index (κ1) is 12.8. The summed E-state index contributed by atoms with van der Waals surface area (Å²) in [6.07, 6.45) is 0.331. The normalized spacial score (nSPS) is 10.4.